The normalized spacial score (nSPS) is 12.2. The number of benzene rings is 1. The number of hydrogen-bond acceptors (Lipinski definition) is 4. The summed E-state index contributed by atoms with van der Waals surface area (Å²) in [6.45, 7) is 5.81. The summed E-state index contributed by atoms with van der Waals surface area (Å²) in [7, 11) is 3.23. The van der Waals surface area contributed by atoms with Crippen molar-refractivity contribution in [2.45, 2.75) is 39.1 Å². The van der Waals surface area contributed by atoms with E-state index < -0.39 is 17.9 Å². The molecule has 7 heteroatoms. The molecular formula is C17H27N3O4. The summed E-state index contributed by atoms with van der Waals surface area (Å²) in [5.74, 6) is 0. The number of carbonyl (C=O) groups is 2. The number of carbonyl (C=O) groups excluding carboxylic acids is 2. The number of ether oxygens (including phenoxy) is 2. The zero-order chi connectivity index (χ0) is 18.2. The first-order valence-corrected chi connectivity index (χ1v) is 7.76. The van der Waals surface area contributed by atoms with Crippen LogP contribution in [-0.4, -0.2) is 49.5 Å². The van der Waals surface area contributed by atoms with E-state index in [0.29, 0.717) is 6.61 Å². The maximum Gasteiger partial charge on any atom is 0.409 e. The highest BCUT2D eigenvalue weighted by Gasteiger charge is 2.21. The van der Waals surface area contributed by atoms with E-state index >= 15 is 0 Å². The van der Waals surface area contributed by atoms with Gasteiger partial charge >= 0.3 is 12.1 Å². The summed E-state index contributed by atoms with van der Waals surface area (Å²) in [6.07, 6.45) is -1.31. The summed E-state index contributed by atoms with van der Waals surface area (Å²) < 4.78 is 10.8. The fourth-order valence-electron chi connectivity index (χ4n) is 1.72. The van der Waals surface area contributed by atoms with Gasteiger partial charge in [0.2, 0.25) is 0 Å². The molecule has 1 atom stereocenters. The molecule has 0 radical (unpaired) electrons. The third-order valence-corrected chi connectivity index (χ3v) is 2.79. The minimum Gasteiger partial charge on any atom is -0.444 e. The maximum atomic E-state index is 11.9. The quantitative estimate of drug-likeness (QED) is 0.781. The third kappa shape index (κ3) is 8.38. The van der Waals surface area contributed by atoms with E-state index in [0.717, 1.165) is 5.56 Å². The predicted octanol–water partition coefficient (Wildman–Crippen LogP) is 2.33. The smallest absolute Gasteiger partial charge is 0.409 e. The highest BCUT2D eigenvalue weighted by molar-refractivity contribution is 5.75. The molecule has 0 bridgehead atoms. The van der Waals surface area contributed by atoms with Crippen LogP contribution in [0, 0.1) is 0 Å². The van der Waals surface area contributed by atoms with Crippen molar-refractivity contribution in [2.24, 2.45) is 0 Å². The van der Waals surface area contributed by atoms with E-state index in [-0.39, 0.29) is 12.6 Å². The minimum absolute atomic E-state index is 0.119. The molecule has 134 valence electrons. The van der Waals surface area contributed by atoms with Gasteiger partial charge in [0.25, 0.3) is 0 Å². The molecule has 0 saturated carbocycles. The van der Waals surface area contributed by atoms with Crippen LogP contribution < -0.4 is 10.6 Å². The Labute approximate surface area is 143 Å². The van der Waals surface area contributed by atoms with E-state index in [1.165, 1.54) is 4.90 Å². The molecule has 0 spiro atoms. The molecule has 3 amide bonds. The highest BCUT2D eigenvalue weighted by Crippen LogP contribution is 2.07. The fourth-order valence-corrected chi connectivity index (χ4v) is 1.72. The monoisotopic (exact) mass is 337 g/mol. The molecule has 1 aromatic rings. The summed E-state index contributed by atoms with van der Waals surface area (Å²) in [4.78, 5) is 25.1. The molecule has 1 aromatic carbocycles. The molecule has 1 rings (SSSR count). The van der Waals surface area contributed by atoms with Gasteiger partial charge in [0, 0.05) is 14.1 Å². The Balaban J connectivity index is 2.56. The SMILES string of the molecule is CN(C)C(=O)N[C@H](COCc1ccccc1)NC(=O)OC(C)(C)C. The van der Waals surface area contributed by atoms with Gasteiger partial charge in [-0.05, 0) is 26.3 Å². The van der Waals surface area contributed by atoms with Crippen molar-refractivity contribution in [1.82, 2.24) is 15.5 Å². The van der Waals surface area contributed by atoms with Crippen LogP contribution in [0.25, 0.3) is 0 Å². The number of nitrogens with one attached hydrogen (secondary N) is 2. The Bertz CT molecular complexity index is 526. The van der Waals surface area contributed by atoms with Crippen LogP contribution in [0.5, 0.6) is 0 Å². The zero-order valence-corrected chi connectivity index (χ0v) is 15.0. The van der Waals surface area contributed by atoms with Crippen LogP contribution in [0.2, 0.25) is 0 Å². The summed E-state index contributed by atoms with van der Waals surface area (Å²) in [6, 6.07) is 9.31. The molecule has 24 heavy (non-hydrogen) atoms. The molecular weight excluding hydrogens is 310 g/mol. The lowest BCUT2D eigenvalue weighted by Crippen LogP contribution is -2.54. The van der Waals surface area contributed by atoms with Gasteiger partial charge in [-0.25, -0.2) is 9.59 Å². The Morgan fingerprint density at radius 3 is 2.29 bits per heavy atom. The van der Waals surface area contributed by atoms with Crippen molar-refractivity contribution in [3.05, 3.63) is 35.9 Å². The van der Waals surface area contributed by atoms with Crippen LogP contribution in [0.15, 0.2) is 30.3 Å². The first-order chi connectivity index (χ1) is 11.2. The number of nitrogens with zero attached hydrogens (tertiary/aromatic N) is 1. The number of alkyl carbamates (subject to hydrolysis) is 1. The predicted molar refractivity (Wildman–Crippen MR) is 91.5 cm³/mol. The molecule has 0 aliphatic carbocycles. The van der Waals surface area contributed by atoms with Crippen molar-refractivity contribution >= 4 is 12.1 Å². The van der Waals surface area contributed by atoms with Crippen LogP contribution in [-0.2, 0) is 16.1 Å². The number of rotatable bonds is 6. The minimum atomic E-state index is -0.696. The largest absolute Gasteiger partial charge is 0.444 e. The van der Waals surface area contributed by atoms with Crippen LogP contribution in [0.1, 0.15) is 26.3 Å². The molecule has 7 nitrogen and oxygen atoms in total. The number of hydrogen-bond donors (Lipinski definition) is 2. The van der Waals surface area contributed by atoms with E-state index in [1.54, 1.807) is 34.9 Å². The lowest BCUT2D eigenvalue weighted by molar-refractivity contribution is 0.0407. The average Bonchev–Trinajstić information content (AvgIpc) is 2.46. The summed E-state index contributed by atoms with van der Waals surface area (Å²) >= 11 is 0. The number of urea groups is 1. The standard InChI is InChI=1S/C17H27N3O4/c1-17(2,3)24-16(22)19-14(18-15(21)20(4)5)12-23-11-13-9-7-6-8-10-13/h6-10,14H,11-12H2,1-5H3,(H,18,21)(H,19,22)/t14-/m0/s1. The zero-order valence-electron chi connectivity index (χ0n) is 15.0. The van der Waals surface area contributed by atoms with Gasteiger partial charge in [-0.2, -0.15) is 0 Å². The summed E-state index contributed by atoms with van der Waals surface area (Å²) in [5, 5.41) is 5.27. The molecule has 0 aliphatic rings. The first kappa shape index (κ1) is 19.8. The van der Waals surface area contributed by atoms with Crippen LogP contribution in [0.3, 0.4) is 0 Å². The lowest BCUT2D eigenvalue weighted by atomic mass is 10.2. The van der Waals surface area contributed by atoms with Crippen molar-refractivity contribution in [3.8, 4) is 0 Å². The molecule has 0 aromatic heterocycles. The van der Waals surface area contributed by atoms with Crippen LogP contribution in [0.4, 0.5) is 9.59 Å². The van der Waals surface area contributed by atoms with Gasteiger partial charge in [-0.15, -0.1) is 0 Å². The van der Waals surface area contributed by atoms with Crippen molar-refractivity contribution in [2.75, 3.05) is 20.7 Å². The van der Waals surface area contributed by atoms with Gasteiger partial charge in [0.05, 0.1) is 13.2 Å². The van der Waals surface area contributed by atoms with Gasteiger partial charge < -0.3 is 19.7 Å². The lowest BCUT2D eigenvalue weighted by Gasteiger charge is -2.25. The second kappa shape index (κ2) is 9.12. The second-order valence-corrected chi connectivity index (χ2v) is 6.54. The highest BCUT2D eigenvalue weighted by atomic mass is 16.6. The van der Waals surface area contributed by atoms with Gasteiger partial charge in [-0.1, -0.05) is 30.3 Å². The van der Waals surface area contributed by atoms with E-state index in [2.05, 4.69) is 10.6 Å². The Morgan fingerprint density at radius 2 is 1.75 bits per heavy atom. The van der Waals surface area contributed by atoms with E-state index in [9.17, 15) is 9.59 Å². The third-order valence-electron chi connectivity index (χ3n) is 2.79. The topological polar surface area (TPSA) is 79.9 Å². The second-order valence-electron chi connectivity index (χ2n) is 6.54. The molecule has 0 heterocycles. The molecule has 0 fully saturated rings. The Hall–Kier alpha value is -2.28. The molecule has 0 aliphatic heterocycles. The van der Waals surface area contributed by atoms with Crippen LogP contribution >= 0.6 is 0 Å². The van der Waals surface area contributed by atoms with E-state index in [4.69, 9.17) is 9.47 Å². The fraction of sp³-hybridized carbons (Fsp3) is 0.529. The van der Waals surface area contributed by atoms with Gasteiger partial charge in [-0.3, -0.25) is 5.32 Å². The molecule has 2 N–H and O–H groups in total. The number of amides is 3. The Kier molecular flexibility index (Phi) is 7.51. The summed E-state index contributed by atoms with van der Waals surface area (Å²) in [5.41, 5.74) is 0.387. The van der Waals surface area contributed by atoms with Crippen molar-refractivity contribution in [1.29, 1.82) is 0 Å². The first-order valence-electron chi connectivity index (χ1n) is 7.76. The van der Waals surface area contributed by atoms with Gasteiger partial charge in [0.1, 0.15) is 11.8 Å². The van der Waals surface area contributed by atoms with E-state index in [1.807, 2.05) is 30.3 Å². The van der Waals surface area contributed by atoms with Gasteiger partial charge in [0.15, 0.2) is 0 Å². The molecule has 0 unspecified atom stereocenters. The average molecular weight is 337 g/mol. The Morgan fingerprint density at radius 1 is 1.12 bits per heavy atom. The maximum absolute atomic E-state index is 11.9. The van der Waals surface area contributed by atoms with Crippen molar-refractivity contribution < 1.29 is 19.1 Å². The molecule has 0 saturated heterocycles. The van der Waals surface area contributed by atoms with Crippen molar-refractivity contribution in [3.63, 3.8) is 0 Å².